The molecule has 1 aromatic carbocycles. The molecule has 0 spiro atoms. The van der Waals surface area contributed by atoms with Crippen molar-refractivity contribution < 1.29 is 19.1 Å². The van der Waals surface area contributed by atoms with Gasteiger partial charge in [0.25, 0.3) is 5.91 Å². The minimum atomic E-state index is -0.290. The Morgan fingerprint density at radius 1 is 1.00 bits per heavy atom. The lowest BCUT2D eigenvalue weighted by atomic mass is 10.1. The number of imidazole rings is 1. The van der Waals surface area contributed by atoms with E-state index in [-0.39, 0.29) is 29.9 Å². The van der Waals surface area contributed by atoms with Crippen molar-refractivity contribution in [2.24, 2.45) is 0 Å². The monoisotopic (exact) mass is 556 g/mol. The van der Waals surface area contributed by atoms with Crippen molar-refractivity contribution in [3.63, 3.8) is 0 Å². The van der Waals surface area contributed by atoms with Gasteiger partial charge in [0.05, 0.1) is 11.6 Å². The molecule has 10 heteroatoms. The second-order valence-corrected chi connectivity index (χ2v) is 10.6. The molecule has 2 aromatic heterocycles. The number of aryl methyl sites for hydroxylation is 1. The molecule has 214 valence electrons. The van der Waals surface area contributed by atoms with Crippen molar-refractivity contribution in [3.05, 3.63) is 73.1 Å². The van der Waals surface area contributed by atoms with E-state index in [4.69, 9.17) is 9.72 Å². The van der Waals surface area contributed by atoms with Gasteiger partial charge in [-0.1, -0.05) is 19.2 Å². The maximum absolute atomic E-state index is 13.3. The number of nitrogens with one attached hydrogen (secondary N) is 1. The molecule has 1 N–H and O–H groups in total. The highest BCUT2D eigenvalue weighted by Gasteiger charge is 2.29. The molecule has 10 nitrogen and oxygen atoms in total. The number of carbonyl (C=O) groups excluding carboxylic acids is 3. The average molecular weight is 557 g/mol. The first-order chi connectivity index (χ1) is 19.9. The molecule has 0 aliphatic carbocycles. The summed E-state index contributed by atoms with van der Waals surface area (Å²) in [5.74, 6) is 0.590. The highest BCUT2D eigenvalue weighted by Crippen LogP contribution is 2.36. The molecule has 5 rings (SSSR count). The number of likely N-dealkylation sites (tertiary alicyclic amines) is 2. The van der Waals surface area contributed by atoms with Gasteiger partial charge < -0.3 is 19.1 Å². The van der Waals surface area contributed by atoms with Crippen LogP contribution >= 0.6 is 0 Å². The molecule has 0 radical (unpaired) electrons. The normalized spacial score (nSPS) is 18.0. The molecule has 1 atom stereocenters. The zero-order chi connectivity index (χ0) is 28.9. The van der Waals surface area contributed by atoms with Gasteiger partial charge in [0.2, 0.25) is 17.8 Å². The van der Waals surface area contributed by atoms with Gasteiger partial charge in [-0.15, -0.1) is 0 Å². The molecule has 2 fully saturated rings. The standard InChI is InChI=1S/C31H36N6O4/c1-4-27(38)35-17-13-24(14-18-35)41-26-11-8-10-25-29(26)37(23-9-6-7-16-36(20-23)28(39)5-2)31(33-25)34-30(40)22-12-15-32-21(3)19-22/h4-5,8,10-12,15,19,23-24H,1-2,6-7,9,13-14,16-18,20H2,3H3,(H,33,34,40)/t23-/m1/s1. The number of nitrogens with zero attached hydrogens (tertiary/aromatic N) is 5. The van der Waals surface area contributed by atoms with Crippen molar-refractivity contribution in [2.45, 2.75) is 51.2 Å². The van der Waals surface area contributed by atoms with Crippen LogP contribution in [-0.2, 0) is 9.59 Å². The Hall–Kier alpha value is -4.47. The SMILES string of the molecule is C=CC(=O)N1CCC(Oc2cccc3nc(NC(=O)c4ccnc(C)c4)n([C@@H]4CCCCN(C(=O)C=C)C4)c23)CC1. The Balaban J connectivity index is 1.52. The summed E-state index contributed by atoms with van der Waals surface area (Å²) in [7, 11) is 0. The van der Waals surface area contributed by atoms with Crippen molar-refractivity contribution >= 4 is 34.7 Å². The van der Waals surface area contributed by atoms with Crippen molar-refractivity contribution in [1.82, 2.24) is 24.3 Å². The first-order valence-corrected chi connectivity index (χ1v) is 14.1. The Labute approximate surface area is 239 Å². The number of amides is 3. The molecule has 3 aromatic rings. The highest BCUT2D eigenvalue weighted by molar-refractivity contribution is 6.04. The molecular weight excluding hydrogens is 520 g/mol. The second-order valence-electron chi connectivity index (χ2n) is 10.6. The lowest BCUT2D eigenvalue weighted by Crippen LogP contribution is -2.41. The number of para-hydroxylation sites is 1. The van der Waals surface area contributed by atoms with E-state index < -0.39 is 0 Å². The smallest absolute Gasteiger partial charge is 0.258 e. The van der Waals surface area contributed by atoms with Crippen LogP contribution in [-0.4, -0.2) is 74.3 Å². The third kappa shape index (κ3) is 6.16. The molecule has 4 heterocycles. The van der Waals surface area contributed by atoms with Crippen LogP contribution in [0.3, 0.4) is 0 Å². The first kappa shape index (κ1) is 28.1. The van der Waals surface area contributed by atoms with Gasteiger partial charge in [-0.2, -0.15) is 0 Å². The fraction of sp³-hybridized carbons (Fsp3) is 0.387. The predicted octanol–water partition coefficient (Wildman–Crippen LogP) is 4.29. The molecule has 2 saturated heterocycles. The Morgan fingerprint density at radius 2 is 1.76 bits per heavy atom. The Morgan fingerprint density at radius 3 is 2.49 bits per heavy atom. The van der Waals surface area contributed by atoms with Gasteiger partial charge in [0.1, 0.15) is 17.4 Å². The third-order valence-electron chi connectivity index (χ3n) is 7.78. The van der Waals surface area contributed by atoms with E-state index in [0.717, 1.165) is 30.5 Å². The quantitative estimate of drug-likeness (QED) is 0.435. The van der Waals surface area contributed by atoms with Crippen molar-refractivity contribution in [3.8, 4) is 5.75 Å². The second kappa shape index (κ2) is 12.4. The van der Waals surface area contributed by atoms with Crippen molar-refractivity contribution in [2.75, 3.05) is 31.5 Å². The minimum Gasteiger partial charge on any atom is -0.488 e. The number of fused-ring (bicyclic) bond motifs is 1. The third-order valence-corrected chi connectivity index (χ3v) is 7.78. The van der Waals surface area contributed by atoms with E-state index in [1.165, 1.54) is 12.2 Å². The highest BCUT2D eigenvalue weighted by atomic mass is 16.5. The Bertz CT molecular complexity index is 1470. The topological polar surface area (TPSA) is 110 Å². The minimum absolute atomic E-state index is 0.0691. The summed E-state index contributed by atoms with van der Waals surface area (Å²) in [5, 5.41) is 3.03. The van der Waals surface area contributed by atoms with Gasteiger partial charge in [0, 0.05) is 56.5 Å². The molecule has 3 amide bonds. The van der Waals surface area contributed by atoms with E-state index in [1.807, 2.05) is 34.6 Å². The first-order valence-electron chi connectivity index (χ1n) is 14.1. The summed E-state index contributed by atoms with van der Waals surface area (Å²) >= 11 is 0. The number of anilines is 1. The van der Waals surface area contributed by atoms with Crippen LogP contribution in [0.2, 0.25) is 0 Å². The average Bonchev–Trinajstić information content (AvgIpc) is 3.17. The molecule has 0 unspecified atom stereocenters. The molecule has 0 saturated carbocycles. The van der Waals surface area contributed by atoms with Crippen molar-refractivity contribution in [1.29, 1.82) is 0 Å². The summed E-state index contributed by atoms with van der Waals surface area (Å²) in [5.41, 5.74) is 2.69. The van der Waals surface area contributed by atoms with Gasteiger partial charge in [-0.3, -0.25) is 24.7 Å². The number of hydrogen-bond donors (Lipinski definition) is 1. The predicted molar refractivity (Wildman–Crippen MR) is 157 cm³/mol. The molecule has 41 heavy (non-hydrogen) atoms. The van der Waals surface area contributed by atoms with Crippen LogP contribution in [0.1, 0.15) is 54.2 Å². The maximum atomic E-state index is 13.3. The zero-order valence-corrected chi connectivity index (χ0v) is 23.4. The van der Waals surface area contributed by atoms with Crippen LogP contribution in [0.25, 0.3) is 11.0 Å². The number of rotatable bonds is 7. The maximum Gasteiger partial charge on any atom is 0.258 e. The summed E-state index contributed by atoms with van der Waals surface area (Å²) in [6, 6.07) is 8.98. The fourth-order valence-corrected chi connectivity index (χ4v) is 5.68. The zero-order valence-electron chi connectivity index (χ0n) is 23.4. The van der Waals surface area contributed by atoms with E-state index >= 15 is 0 Å². The number of carbonyl (C=O) groups is 3. The van der Waals surface area contributed by atoms with Gasteiger partial charge in [-0.05, 0) is 62.6 Å². The lowest BCUT2D eigenvalue weighted by molar-refractivity contribution is -0.128. The fourth-order valence-electron chi connectivity index (χ4n) is 5.68. The molecular formula is C31H36N6O4. The molecule has 0 bridgehead atoms. The lowest BCUT2D eigenvalue weighted by Gasteiger charge is -2.32. The van der Waals surface area contributed by atoms with Crippen LogP contribution < -0.4 is 10.1 Å². The van der Waals surface area contributed by atoms with Crippen LogP contribution in [0.15, 0.2) is 61.8 Å². The van der Waals surface area contributed by atoms with E-state index in [2.05, 4.69) is 23.5 Å². The summed E-state index contributed by atoms with van der Waals surface area (Å²) in [6.07, 6.45) is 8.21. The van der Waals surface area contributed by atoms with Gasteiger partial charge in [0.15, 0.2) is 0 Å². The number of pyridine rings is 1. The summed E-state index contributed by atoms with van der Waals surface area (Å²) in [6.45, 7) is 11.4. The molecule has 2 aliphatic rings. The summed E-state index contributed by atoms with van der Waals surface area (Å²) in [4.78, 5) is 50.7. The van der Waals surface area contributed by atoms with Crippen LogP contribution in [0.4, 0.5) is 5.95 Å². The van der Waals surface area contributed by atoms with E-state index in [0.29, 0.717) is 61.8 Å². The Kier molecular flexibility index (Phi) is 8.47. The van der Waals surface area contributed by atoms with E-state index in [1.54, 1.807) is 23.2 Å². The largest absolute Gasteiger partial charge is 0.488 e. The number of ether oxygens (including phenoxy) is 1. The number of aromatic nitrogens is 3. The van der Waals surface area contributed by atoms with Crippen LogP contribution in [0, 0.1) is 6.92 Å². The van der Waals surface area contributed by atoms with Crippen LogP contribution in [0.5, 0.6) is 5.75 Å². The number of hydrogen-bond acceptors (Lipinski definition) is 6. The summed E-state index contributed by atoms with van der Waals surface area (Å²) < 4.78 is 8.59. The van der Waals surface area contributed by atoms with Gasteiger partial charge >= 0.3 is 0 Å². The molecule has 2 aliphatic heterocycles. The number of piperidine rings is 1. The number of benzene rings is 1. The van der Waals surface area contributed by atoms with E-state index in [9.17, 15) is 14.4 Å². The van der Waals surface area contributed by atoms with Gasteiger partial charge in [-0.25, -0.2) is 4.98 Å².